The number of nitrogens with one attached hydrogen (secondary N) is 2. The van der Waals surface area contributed by atoms with Gasteiger partial charge in [-0.15, -0.1) is 0 Å². The van der Waals surface area contributed by atoms with Gasteiger partial charge < -0.3 is 10.3 Å². The minimum Gasteiger partial charge on any atom is -0.352 e. The fourth-order valence-corrected chi connectivity index (χ4v) is 2.54. The summed E-state index contributed by atoms with van der Waals surface area (Å²) >= 11 is 0. The molecule has 1 aromatic carbocycles. The Hall–Kier alpha value is -2.36. The first-order valence-corrected chi connectivity index (χ1v) is 7.48. The summed E-state index contributed by atoms with van der Waals surface area (Å²) < 4.78 is 0. The van der Waals surface area contributed by atoms with Gasteiger partial charge in [-0.05, 0) is 37.0 Å². The molecule has 0 radical (unpaired) electrons. The lowest BCUT2D eigenvalue weighted by molar-refractivity contribution is -0.121. The van der Waals surface area contributed by atoms with Crippen LogP contribution in [0.25, 0.3) is 0 Å². The van der Waals surface area contributed by atoms with Crippen LogP contribution >= 0.6 is 0 Å². The molecule has 0 fully saturated rings. The van der Waals surface area contributed by atoms with Crippen LogP contribution in [0.1, 0.15) is 41.6 Å². The molecule has 2 N–H and O–H groups in total. The highest BCUT2D eigenvalue weighted by Gasteiger charge is 2.12. The summed E-state index contributed by atoms with van der Waals surface area (Å²) in [5.74, 6) is 0.106. The Morgan fingerprint density at radius 3 is 2.55 bits per heavy atom. The van der Waals surface area contributed by atoms with Crippen molar-refractivity contribution in [1.29, 1.82) is 0 Å². The molecule has 1 aromatic heterocycles. The van der Waals surface area contributed by atoms with E-state index in [2.05, 4.69) is 10.3 Å². The second kappa shape index (κ2) is 7.07. The Balaban J connectivity index is 1.95. The molecule has 1 amide bonds. The third-order valence-corrected chi connectivity index (χ3v) is 3.82. The number of rotatable bonds is 5. The van der Waals surface area contributed by atoms with Gasteiger partial charge in [-0.3, -0.25) is 9.59 Å². The van der Waals surface area contributed by atoms with Gasteiger partial charge in [0.15, 0.2) is 0 Å². The van der Waals surface area contributed by atoms with Crippen molar-refractivity contribution in [2.24, 2.45) is 0 Å². The van der Waals surface area contributed by atoms with E-state index < -0.39 is 0 Å². The van der Waals surface area contributed by atoms with E-state index in [0.717, 1.165) is 16.8 Å². The molecule has 22 heavy (non-hydrogen) atoms. The summed E-state index contributed by atoms with van der Waals surface area (Å²) in [6, 6.07) is 11.9. The van der Waals surface area contributed by atoms with E-state index in [1.54, 1.807) is 0 Å². The number of aromatic nitrogens is 1. The second-order valence-corrected chi connectivity index (χ2v) is 5.74. The molecule has 4 heteroatoms. The highest BCUT2D eigenvalue weighted by Crippen LogP contribution is 2.18. The highest BCUT2D eigenvalue weighted by molar-refractivity contribution is 5.76. The average Bonchev–Trinajstić information content (AvgIpc) is 2.47. The molecule has 116 valence electrons. The number of benzene rings is 1. The van der Waals surface area contributed by atoms with Crippen LogP contribution in [0.2, 0.25) is 0 Å². The molecule has 0 aliphatic rings. The van der Waals surface area contributed by atoms with Gasteiger partial charge in [0, 0.05) is 24.2 Å². The van der Waals surface area contributed by atoms with Crippen LogP contribution in [0.3, 0.4) is 0 Å². The zero-order valence-corrected chi connectivity index (χ0v) is 13.3. The van der Waals surface area contributed by atoms with Crippen LogP contribution < -0.4 is 10.9 Å². The molecule has 2 rings (SSSR count). The van der Waals surface area contributed by atoms with Crippen molar-refractivity contribution in [3.8, 4) is 0 Å². The molecule has 1 atom stereocenters. The van der Waals surface area contributed by atoms with E-state index >= 15 is 0 Å². The second-order valence-electron chi connectivity index (χ2n) is 5.74. The molecule has 0 spiro atoms. The average molecular weight is 298 g/mol. The fourth-order valence-electron chi connectivity index (χ4n) is 2.54. The Kier molecular flexibility index (Phi) is 5.15. The van der Waals surface area contributed by atoms with Crippen molar-refractivity contribution in [3.05, 3.63) is 69.1 Å². The van der Waals surface area contributed by atoms with Gasteiger partial charge in [0.1, 0.15) is 0 Å². The lowest BCUT2D eigenvalue weighted by Crippen LogP contribution is -2.28. The van der Waals surface area contributed by atoms with Gasteiger partial charge in [0.05, 0.1) is 0 Å². The number of amides is 1. The molecule has 0 saturated heterocycles. The number of carbonyl (C=O) groups excluding carboxylic acids is 1. The smallest absolute Gasteiger partial charge is 0.253 e. The van der Waals surface area contributed by atoms with E-state index in [-0.39, 0.29) is 23.9 Å². The summed E-state index contributed by atoms with van der Waals surface area (Å²) in [4.78, 5) is 26.7. The quantitative estimate of drug-likeness (QED) is 0.891. The number of hydrogen-bond acceptors (Lipinski definition) is 2. The molecule has 1 unspecified atom stereocenters. The minimum atomic E-state index is -0.131. The summed E-state index contributed by atoms with van der Waals surface area (Å²) in [6.45, 7) is 6.02. The molecule has 0 saturated carbocycles. The Morgan fingerprint density at radius 1 is 1.23 bits per heavy atom. The molecule has 4 nitrogen and oxygen atoms in total. The van der Waals surface area contributed by atoms with E-state index in [4.69, 9.17) is 0 Å². The summed E-state index contributed by atoms with van der Waals surface area (Å²) in [5.41, 5.74) is 3.36. The van der Waals surface area contributed by atoms with Crippen molar-refractivity contribution < 1.29 is 4.79 Å². The molecule has 0 aliphatic heterocycles. The molecular formula is C18H22N2O2. The monoisotopic (exact) mass is 298 g/mol. The van der Waals surface area contributed by atoms with Crippen LogP contribution in [0.5, 0.6) is 0 Å². The zero-order chi connectivity index (χ0) is 16.1. The topological polar surface area (TPSA) is 62.0 Å². The van der Waals surface area contributed by atoms with Crippen LogP contribution in [-0.2, 0) is 11.3 Å². The predicted molar refractivity (Wildman–Crippen MR) is 87.9 cm³/mol. The summed E-state index contributed by atoms with van der Waals surface area (Å²) in [6.07, 6.45) is 0.410. The van der Waals surface area contributed by atoms with Crippen molar-refractivity contribution in [1.82, 2.24) is 10.3 Å². The van der Waals surface area contributed by atoms with Gasteiger partial charge in [-0.25, -0.2) is 0 Å². The number of pyridine rings is 1. The van der Waals surface area contributed by atoms with Crippen molar-refractivity contribution >= 4 is 5.91 Å². The Bertz CT molecular complexity index is 705. The third kappa shape index (κ3) is 4.07. The van der Waals surface area contributed by atoms with Crippen LogP contribution in [-0.4, -0.2) is 10.9 Å². The van der Waals surface area contributed by atoms with Gasteiger partial charge >= 0.3 is 0 Å². The summed E-state index contributed by atoms with van der Waals surface area (Å²) in [5, 5.41) is 2.84. The number of aryl methyl sites for hydroxylation is 2. The van der Waals surface area contributed by atoms with Crippen LogP contribution in [0, 0.1) is 13.8 Å². The van der Waals surface area contributed by atoms with Crippen LogP contribution in [0.4, 0.5) is 0 Å². The number of H-pyrrole nitrogens is 1. The lowest BCUT2D eigenvalue weighted by Gasteiger charge is -2.12. The van der Waals surface area contributed by atoms with Gasteiger partial charge in [0.2, 0.25) is 5.91 Å². The number of aromatic amines is 1. The first-order valence-electron chi connectivity index (χ1n) is 7.48. The normalized spacial score (nSPS) is 12.0. The molecule has 0 aliphatic carbocycles. The molecule has 2 aromatic rings. The first kappa shape index (κ1) is 16.0. The van der Waals surface area contributed by atoms with E-state index in [0.29, 0.717) is 12.0 Å². The van der Waals surface area contributed by atoms with Gasteiger partial charge in [-0.1, -0.05) is 37.3 Å². The molecular weight excluding hydrogens is 276 g/mol. The Labute approximate surface area is 130 Å². The van der Waals surface area contributed by atoms with E-state index in [9.17, 15) is 9.59 Å². The molecule has 0 bridgehead atoms. The number of carbonyl (C=O) groups is 1. The minimum absolute atomic E-state index is 0.0456. The van der Waals surface area contributed by atoms with Gasteiger partial charge in [0.25, 0.3) is 5.56 Å². The van der Waals surface area contributed by atoms with E-state index in [1.807, 2.05) is 57.2 Å². The Morgan fingerprint density at radius 2 is 1.91 bits per heavy atom. The van der Waals surface area contributed by atoms with Crippen molar-refractivity contribution in [2.75, 3.05) is 0 Å². The van der Waals surface area contributed by atoms with Gasteiger partial charge in [-0.2, -0.15) is 0 Å². The van der Waals surface area contributed by atoms with Crippen molar-refractivity contribution in [2.45, 2.75) is 39.7 Å². The maximum absolute atomic E-state index is 12.1. The standard InChI is InChI=1S/C18H22N2O2/c1-12(15-7-5-4-6-8-15)10-17(21)19-11-16-13(2)9-14(3)20-18(16)22/h4-9,12H,10-11H2,1-3H3,(H,19,21)(H,20,22). The van der Waals surface area contributed by atoms with Crippen LogP contribution in [0.15, 0.2) is 41.2 Å². The number of hydrogen-bond donors (Lipinski definition) is 2. The SMILES string of the molecule is Cc1cc(C)c(CNC(=O)CC(C)c2ccccc2)c(=O)[nH]1. The molecule has 1 heterocycles. The highest BCUT2D eigenvalue weighted by atomic mass is 16.1. The summed E-state index contributed by atoms with van der Waals surface area (Å²) in [7, 11) is 0. The largest absolute Gasteiger partial charge is 0.352 e. The third-order valence-electron chi connectivity index (χ3n) is 3.82. The van der Waals surface area contributed by atoms with Crippen molar-refractivity contribution in [3.63, 3.8) is 0 Å². The van der Waals surface area contributed by atoms with E-state index in [1.165, 1.54) is 0 Å². The lowest BCUT2D eigenvalue weighted by atomic mass is 9.97. The predicted octanol–water partition coefficient (Wildman–Crippen LogP) is 2.80. The maximum atomic E-state index is 12.1. The first-order chi connectivity index (χ1) is 10.5. The zero-order valence-electron chi connectivity index (χ0n) is 13.3. The maximum Gasteiger partial charge on any atom is 0.253 e. The fraction of sp³-hybridized carbons (Fsp3) is 0.333.